The second-order valence-corrected chi connectivity index (χ2v) is 5.32. The number of carbonyl (C=O) groups is 1. The van der Waals surface area contributed by atoms with E-state index in [9.17, 15) is 20.1 Å². The van der Waals surface area contributed by atoms with Crippen LogP contribution in [0.2, 0.25) is 0 Å². The van der Waals surface area contributed by atoms with Gasteiger partial charge in [-0.15, -0.1) is 0 Å². The molecule has 0 aromatic heterocycles. The quantitative estimate of drug-likeness (QED) is 0.317. The topological polar surface area (TPSA) is 113 Å². The molecule has 0 amide bonds. The molecule has 0 aliphatic carbocycles. The van der Waals surface area contributed by atoms with Gasteiger partial charge in [-0.1, -0.05) is 39.0 Å². The van der Waals surface area contributed by atoms with Crippen molar-refractivity contribution < 1.29 is 24.9 Å². The summed E-state index contributed by atoms with van der Waals surface area (Å²) in [5, 5.41) is 28.1. The SMILES string of the molecule is CCCCCCCCOC(=O)C(N)c1cc(O)c(O)c(O)c1. The summed E-state index contributed by atoms with van der Waals surface area (Å²) in [5.74, 6) is -2.34. The van der Waals surface area contributed by atoms with Crippen molar-refractivity contribution in [3.05, 3.63) is 17.7 Å². The lowest BCUT2D eigenvalue weighted by Crippen LogP contribution is -2.24. The summed E-state index contributed by atoms with van der Waals surface area (Å²) in [5.41, 5.74) is 5.91. The number of hydrogen-bond donors (Lipinski definition) is 4. The number of unbranched alkanes of at least 4 members (excludes halogenated alkanes) is 5. The number of phenolic OH excluding ortho intramolecular Hbond substituents is 3. The highest BCUT2D eigenvalue weighted by atomic mass is 16.5. The molecule has 0 fully saturated rings. The van der Waals surface area contributed by atoms with Crippen LogP contribution in [0, 0.1) is 0 Å². The molecule has 0 aliphatic heterocycles. The molecule has 0 bridgehead atoms. The third-order valence-corrected chi connectivity index (χ3v) is 3.45. The minimum Gasteiger partial charge on any atom is -0.504 e. The van der Waals surface area contributed by atoms with Gasteiger partial charge in [-0.05, 0) is 24.1 Å². The molecule has 0 heterocycles. The third-order valence-electron chi connectivity index (χ3n) is 3.45. The maximum Gasteiger partial charge on any atom is 0.327 e. The zero-order valence-corrected chi connectivity index (χ0v) is 12.9. The number of aromatic hydroxyl groups is 3. The highest BCUT2D eigenvalue weighted by Gasteiger charge is 2.20. The van der Waals surface area contributed by atoms with E-state index in [-0.39, 0.29) is 5.56 Å². The number of rotatable bonds is 9. The molecule has 1 rings (SSSR count). The molecule has 0 aliphatic rings. The Bertz CT molecular complexity index is 466. The summed E-state index contributed by atoms with van der Waals surface area (Å²) in [6, 6.07) is 1.15. The van der Waals surface area contributed by atoms with Gasteiger partial charge in [0.25, 0.3) is 0 Å². The van der Waals surface area contributed by atoms with Crippen molar-refractivity contribution in [3.63, 3.8) is 0 Å². The maximum absolute atomic E-state index is 11.8. The predicted octanol–water partition coefficient (Wildman–Crippen LogP) is 2.71. The third kappa shape index (κ3) is 5.44. The molecular weight excluding hydrogens is 286 g/mol. The lowest BCUT2D eigenvalue weighted by atomic mass is 10.1. The predicted molar refractivity (Wildman–Crippen MR) is 82.7 cm³/mol. The largest absolute Gasteiger partial charge is 0.504 e. The van der Waals surface area contributed by atoms with Gasteiger partial charge in [0.2, 0.25) is 0 Å². The number of phenols is 3. The minimum absolute atomic E-state index is 0.181. The zero-order valence-electron chi connectivity index (χ0n) is 12.9. The molecule has 6 heteroatoms. The second kappa shape index (κ2) is 9.15. The van der Waals surface area contributed by atoms with Crippen molar-refractivity contribution >= 4 is 5.97 Å². The molecule has 6 nitrogen and oxygen atoms in total. The fourth-order valence-electron chi connectivity index (χ4n) is 2.09. The Morgan fingerprint density at radius 2 is 1.64 bits per heavy atom. The van der Waals surface area contributed by atoms with Crippen molar-refractivity contribution in [2.45, 2.75) is 51.5 Å². The van der Waals surface area contributed by atoms with Gasteiger partial charge in [-0.25, -0.2) is 4.79 Å². The first-order valence-electron chi connectivity index (χ1n) is 7.64. The maximum atomic E-state index is 11.8. The number of esters is 1. The van der Waals surface area contributed by atoms with Crippen LogP contribution >= 0.6 is 0 Å². The van der Waals surface area contributed by atoms with Crippen molar-refractivity contribution in [1.82, 2.24) is 0 Å². The van der Waals surface area contributed by atoms with Crippen molar-refractivity contribution in [2.24, 2.45) is 5.73 Å². The van der Waals surface area contributed by atoms with E-state index in [0.717, 1.165) is 31.4 Å². The van der Waals surface area contributed by atoms with Gasteiger partial charge in [0.15, 0.2) is 17.2 Å². The van der Waals surface area contributed by atoms with Crippen LogP contribution < -0.4 is 5.73 Å². The normalized spacial score (nSPS) is 12.1. The molecule has 0 spiro atoms. The molecule has 1 aromatic rings. The van der Waals surface area contributed by atoms with Crippen LogP contribution in [0.5, 0.6) is 17.2 Å². The van der Waals surface area contributed by atoms with Crippen LogP contribution in [0.3, 0.4) is 0 Å². The molecule has 22 heavy (non-hydrogen) atoms. The van der Waals surface area contributed by atoms with E-state index < -0.39 is 29.3 Å². The minimum atomic E-state index is -1.11. The highest BCUT2D eigenvalue weighted by Crippen LogP contribution is 2.36. The zero-order chi connectivity index (χ0) is 16.5. The summed E-state index contributed by atoms with van der Waals surface area (Å²) < 4.78 is 5.09. The van der Waals surface area contributed by atoms with Crippen LogP contribution in [0.1, 0.15) is 57.1 Å². The van der Waals surface area contributed by atoms with Crippen LogP contribution in [0.15, 0.2) is 12.1 Å². The average molecular weight is 311 g/mol. The standard InChI is InChI=1S/C16H25NO5/c1-2-3-4-5-6-7-8-22-16(21)14(17)11-9-12(18)15(20)13(19)10-11/h9-10,14,18-20H,2-8,17H2,1H3. The highest BCUT2D eigenvalue weighted by molar-refractivity contribution is 5.78. The molecular formula is C16H25NO5. The number of carbonyl (C=O) groups excluding carboxylic acids is 1. The van der Waals surface area contributed by atoms with Gasteiger partial charge in [-0.2, -0.15) is 0 Å². The van der Waals surface area contributed by atoms with E-state index >= 15 is 0 Å². The Hall–Kier alpha value is -1.95. The Morgan fingerprint density at radius 3 is 2.23 bits per heavy atom. The van der Waals surface area contributed by atoms with Crippen LogP contribution in [0.25, 0.3) is 0 Å². The molecule has 1 atom stereocenters. The number of benzene rings is 1. The molecule has 0 saturated heterocycles. The molecule has 0 radical (unpaired) electrons. The van der Waals surface area contributed by atoms with E-state index in [0.29, 0.717) is 6.61 Å². The van der Waals surface area contributed by atoms with Crippen LogP contribution in [-0.2, 0) is 9.53 Å². The fourth-order valence-corrected chi connectivity index (χ4v) is 2.09. The summed E-state index contributed by atoms with van der Waals surface area (Å²) >= 11 is 0. The van der Waals surface area contributed by atoms with Gasteiger partial charge in [-0.3, -0.25) is 0 Å². The van der Waals surface area contributed by atoms with E-state index in [4.69, 9.17) is 10.5 Å². The van der Waals surface area contributed by atoms with Gasteiger partial charge < -0.3 is 25.8 Å². The van der Waals surface area contributed by atoms with Crippen LogP contribution in [-0.4, -0.2) is 27.9 Å². The first kappa shape index (κ1) is 18.1. The Kier molecular flexibility index (Phi) is 7.52. The van der Waals surface area contributed by atoms with E-state index in [2.05, 4.69) is 6.92 Å². The number of ether oxygens (including phenoxy) is 1. The monoisotopic (exact) mass is 311 g/mol. The van der Waals surface area contributed by atoms with Crippen LogP contribution in [0.4, 0.5) is 0 Å². The van der Waals surface area contributed by atoms with Gasteiger partial charge in [0, 0.05) is 0 Å². The first-order valence-corrected chi connectivity index (χ1v) is 7.64. The molecule has 1 aromatic carbocycles. The Morgan fingerprint density at radius 1 is 1.09 bits per heavy atom. The summed E-state index contributed by atoms with van der Waals surface area (Å²) in [7, 11) is 0. The summed E-state index contributed by atoms with van der Waals surface area (Å²) in [6.07, 6.45) is 6.51. The van der Waals surface area contributed by atoms with E-state index in [1.54, 1.807) is 0 Å². The smallest absolute Gasteiger partial charge is 0.327 e. The molecule has 0 saturated carbocycles. The summed E-state index contributed by atoms with van der Waals surface area (Å²) in [6.45, 7) is 2.46. The number of hydrogen-bond acceptors (Lipinski definition) is 6. The lowest BCUT2D eigenvalue weighted by Gasteiger charge is -2.13. The van der Waals surface area contributed by atoms with Gasteiger partial charge in [0.1, 0.15) is 6.04 Å². The van der Waals surface area contributed by atoms with Gasteiger partial charge >= 0.3 is 5.97 Å². The van der Waals surface area contributed by atoms with E-state index in [1.807, 2.05) is 0 Å². The average Bonchev–Trinajstić information content (AvgIpc) is 2.50. The number of nitrogens with two attached hydrogens (primary N) is 1. The summed E-state index contributed by atoms with van der Waals surface area (Å²) in [4.78, 5) is 11.8. The first-order chi connectivity index (χ1) is 10.5. The van der Waals surface area contributed by atoms with Crippen molar-refractivity contribution in [1.29, 1.82) is 0 Å². The molecule has 1 unspecified atom stereocenters. The second-order valence-electron chi connectivity index (χ2n) is 5.32. The van der Waals surface area contributed by atoms with Crippen molar-refractivity contribution in [2.75, 3.05) is 6.61 Å². The lowest BCUT2D eigenvalue weighted by molar-refractivity contribution is -0.145. The van der Waals surface area contributed by atoms with Crippen molar-refractivity contribution in [3.8, 4) is 17.2 Å². The Labute approximate surface area is 130 Å². The fraction of sp³-hybridized carbons (Fsp3) is 0.562. The van der Waals surface area contributed by atoms with Gasteiger partial charge in [0.05, 0.1) is 6.61 Å². The molecule has 5 N–H and O–H groups in total. The Balaban J connectivity index is 2.39. The van der Waals surface area contributed by atoms with E-state index in [1.165, 1.54) is 19.3 Å². The molecule has 124 valence electrons.